The van der Waals surface area contributed by atoms with Crippen molar-refractivity contribution in [2.75, 3.05) is 29.5 Å². The molecule has 2 aromatic carbocycles. The molecule has 25 heavy (non-hydrogen) atoms. The Morgan fingerprint density at radius 2 is 2.08 bits per heavy atom. The Kier molecular flexibility index (Phi) is 2.95. The summed E-state index contributed by atoms with van der Waals surface area (Å²) in [6.45, 7) is 3.65. The summed E-state index contributed by atoms with van der Waals surface area (Å²) in [5.74, 6) is -0.319. The monoisotopic (exact) mass is 334 g/mol. The third-order valence-electron chi connectivity index (χ3n) is 5.34. The highest BCUT2D eigenvalue weighted by Crippen LogP contribution is 2.46. The molecule has 3 aliphatic rings. The second-order valence-electron chi connectivity index (χ2n) is 6.84. The van der Waals surface area contributed by atoms with E-state index < -0.39 is 5.92 Å². The van der Waals surface area contributed by atoms with Gasteiger partial charge in [0.2, 0.25) is 11.8 Å². The first-order valence-electron chi connectivity index (χ1n) is 8.63. The summed E-state index contributed by atoms with van der Waals surface area (Å²) in [5.41, 5.74) is 4.85. The molecule has 2 aromatic rings. The molecule has 0 N–H and O–H groups in total. The first-order chi connectivity index (χ1) is 12.1. The van der Waals surface area contributed by atoms with Crippen LogP contribution in [0, 0.1) is 6.92 Å². The fraction of sp³-hybridized carbons (Fsp3) is 0.300. The van der Waals surface area contributed by atoms with E-state index in [1.54, 1.807) is 9.80 Å². The molecular weight excluding hydrogens is 316 g/mol. The number of hydrogen-bond donors (Lipinski definition) is 0. The van der Waals surface area contributed by atoms with E-state index in [2.05, 4.69) is 13.0 Å². The number of rotatable bonds is 1. The van der Waals surface area contributed by atoms with Crippen LogP contribution < -0.4 is 14.5 Å². The smallest absolute Gasteiger partial charge is 0.244 e. The first kappa shape index (κ1) is 14.5. The molecule has 2 amide bonds. The van der Waals surface area contributed by atoms with Gasteiger partial charge in [0.05, 0.1) is 12.2 Å². The quantitative estimate of drug-likeness (QED) is 0.753. The van der Waals surface area contributed by atoms with Crippen LogP contribution >= 0.6 is 0 Å². The summed E-state index contributed by atoms with van der Waals surface area (Å²) in [4.78, 5) is 29.8. The van der Waals surface area contributed by atoms with Gasteiger partial charge in [0.25, 0.3) is 0 Å². The second-order valence-corrected chi connectivity index (χ2v) is 6.84. The normalized spacial score (nSPS) is 20.4. The standard InChI is InChI=1S/C20H18N2O3/c1-12-5-6-15-13(11-12)7-8-21(15)19(23)17-14-3-2-4-16-18(14)22(20(17)24)9-10-25-16/h2-6,11,17H,7-10H2,1H3. The van der Waals surface area contributed by atoms with Gasteiger partial charge in [-0.1, -0.05) is 29.8 Å². The van der Waals surface area contributed by atoms with Crippen molar-refractivity contribution in [2.24, 2.45) is 0 Å². The SMILES string of the molecule is Cc1ccc2c(c1)CCN2C(=O)C1C(=O)N2CCOc3cccc1c32. The van der Waals surface area contributed by atoms with E-state index in [9.17, 15) is 9.59 Å². The Morgan fingerprint density at radius 1 is 1.20 bits per heavy atom. The Morgan fingerprint density at radius 3 is 2.96 bits per heavy atom. The van der Waals surface area contributed by atoms with Crippen LogP contribution in [0.25, 0.3) is 0 Å². The molecule has 0 bridgehead atoms. The summed E-state index contributed by atoms with van der Waals surface area (Å²) in [5, 5.41) is 0. The van der Waals surface area contributed by atoms with Crippen LogP contribution in [0.3, 0.4) is 0 Å². The average Bonchev–Trinajstić information content (AvgIpc) is 3.16. The van der Waals surface area contributed by atoms with Gasteiger partial charge in [0.15, 0.2) is 0 Å². The number of aryl methyl sites for hydroxylation is 1. The molecule has 0 radical (unpaired) electrons. The van der Waals surface area contributed by atoms with Crippen molar-refractivity contribution in [2.45, 2.75) is 19.3 Å². The lowest BCUT2D eigenvalue weighted by Crippen LogP contribution is -2.41. The van der Waals surface area contributed by atoms with Crippen molar-refractivity contribution in [3.63, 3.8) is 0 Å². The lowest BCUT2D eigenvalue weighted by Gasteiger charge is -2.25. The lowest BCUT2D eigenvalue weighted by atomic mass is 9.98. The van der Waals surface area contributed by atoms with Crippen molar-refractivity contribution in [3.8, 4) is 5.75 Å². The number of hydrogen-bond acceptors (Lipinski definition) is 3. The number of ether oxygens (including phenoxy) is 1. The highest BCUT2D eigenvalue weighted by molar-refractivity contribution is 6.22. The maximum atomic E-state index is 13.3. The molecule has 3 heterocycles. The minimum Gasteiger partial charge on any atom is -0.490 e. The van der Waals surface area contributed by atoms with Crippen molar-refractivity contribution >= 4 is 23.2 Å². The second kappa shape index (κ2) is 5.09. The van der Waals surface area contributed by atoms with E-state index in [1.165, 1.54) is 11.1 Å². The van der Waals surface area contributed by atoms with E-state index in [1.807, 2.05) is 30.3 Å². The predicted octanol–water partition coefficient (Wildman–Crippen LogP) is 2.41. The number of nitrogens with zero attached hydrogens (tertiary/aromatic N) is 2. The topological polar surface area (TPSA) is 49.9 Å². The first-order valence-corrected chi connectivity index (χ1v) is 8.63. The maximum Gasteiger partial charge on any atom is 0.244 e. The molecule has 0 aliphatic carbocycles. The van der Waals surface area contributed by atoms with Crippen molar-refractivity contribution in [1.82, 2.24) is 0 Å². The molecule has 126 valence electrons. The molecule has 5 nitrogen and oxygen atoms in total. The Hall–Kier alpha value is -2.82. The van der Waals surface area contributed by atoms with Gasteiger partial charge in [-0.15, -0.1) is 0 Å². The number of carbonyl (C=O) groups excluding carboxylic acids is 2. The van der Waals surface area contributed by atoms with E-state index in [-0.39, 0.29) is 11.8 Å². The zero-order valence-electron chi connectivity index (χ0n) is 14.0. The highest BCUT2D eigenvalue weighted by Gasteiger charge is 2.47. The number of para-hydroxylation sites is 1. The van der Waals surface area contributed by atoms with Gasteiger partial charge in [0, 0.05) is 17.8 Å². The Balaban J connectivity index is 1.56. The fourth-order valence-corrected chi connectivity index (χ4v) is 4.20. The number of carbonyl (C=O) groups is 2. The van der Waals surface area contributed by atoms with Crippen molar-refractivity contribution < 1.29 is 14.3 Å². The zero-order valence-corrected chi connectivity index (χ0v) is 14.0. The molecule has 5 heteroatoms. The molecule has 1 atom stereocenters. The van der Waals surface area contributed by atoms with Gasteiger partial charge in [0.1, 0.15) is 18.3 Å². The number of amides is 2. The van der Waals surface area contributed by atoms with Crippen LogP contribution in [0.4, 0.5) is 11.4 Å². The minimum atomic E-state index is -0.760. The van der Waals surface area contributed by atoms with E-state index in [0.29, 0.717) is 25.4 Å². The largest absolute Gasteiger partial charge is 0.490 e. The van der Waals surface area contributed by atoms with E-state index in [0.717, 1.165) is 23.4 Å². The van der Waals surface area contributed by atoms with Crippen molar-refractivity contribution in [1.29, 1.82) is 0 Å². The molecule has 0 saturated heterocycles. The molecule has 1 unspecified atom stereocenters. The van der Waals surface area contributed by atoms with Gasteiger partial charge in [-0.2, -0.15) is 0 Å². The third kappa shape index (κ3) is 1.95. The van der Waals surface area contributed by atoms with E-state index in [4.69, 9.17) is 4.74 Å². The summed E-state index contributed by atoms with van der Waals surface area (Å²) >= 11 is 0. The summed E-state index contributed by atoms with van der Waals surface area (Å²) < 4.78 is 5.67. The number of benzene rings is 2. The van der Waals surface area contributed by atoms with Gasteiger partial charge in [-0.05, 0) is 31.0 Å². The van der Waals surface area contributed by atoms with Crippen LogP contribution in [0.2, 0.25) is 0 Å². The van der Waals surface area contributed by atoms with Crippen molar-refractivity contribution in [3.05, 3.63) is 53.1 Å². The van der Waals surface area contributed by atoms with Crippen LogP contribution in [0.5, 0.6) is 5.75 Å². The fourth-order valence-electron chi connectivity index (χ4n) is 4.20. The number of fused-ring (bicyclic) bond motifs is 1. The predicted molar refractivity (Wildman–Crippen MR) is 94.3 cm³/mol. The molecule has 0 fully saturated rings. The number of anilines is 2. The van der Waals surface area contributed by atoms with Gasteiger partial charge in [-0.3, -0.25) is 9.59 Å². The Bertz CT molecular complexity index is 921. The minimum absolute atomic E-state index is 0.128. The zero-order chi connectivity index (χ0) is 17.1. The van der Waals surface area contributed by atoms with Crippen LogP contribution in [0.1, 0.15) is 22.6 Å². The summed E-state index contributed by atoms with van der Waals surface area (Å²) in [7, 11) is 0. The van der Waals surface area contributed by atoms with Gasteiger partial charge in [-0.25, -0.2) is 0 Å². The van der Waals surface area contributed by atoms with Crippen LogP contribution in [0.15, 0.2) is 36.4 Å². The molecule has 0 aromatic heterocycles. The van der Waals surface area contributed by atoms with Gasteiger partial charge >= 0.3 is 0 Å². The molecule has 0 saturated carbocycles. The molecular formula is C20H18N2O3. The highest BCUT2D eigenvalue weighted by atomic mass is 16.5. The van der Waals surface area contributed by atoms with Crippen LogP contribution in [-0.2, 0) is 16.0 Å². The molecule has 5 rings (SSSR count). The summed E-state index contributed by atoms with van der Waals surface area (Å²) in [6, 6.07) is 11.7. The third-order valence-corrected chi connectivity index (χ3v) is 5.34. The summed E-state index contributed by atoms with van der Waals surface area (Å²) in [6.07, 6.45) is 0.837. The van der Waals surface area contributed by atoms with E-state index >= 15 is 0 Å². The van der Waals surface area contributed by atoms with Crippen LogP contribution in [-0.4, -0.2) is 31.5 Å². The van der Waals surface area contributed by atoms with Gasteiger partial charge < -0.3 is 14.5 Å². The Labute approximate surface area is 145 Å². The average molecular weight is 334 g/mol. The lowest BCUT2D eigenvalue weighted by molar-refractivity contribution is -0.128. The molecule has 3 aliphatic heterocycles. The molecule has 0 spiro atoms. The maximum absolute atomic E-state index is 13.3.